The first kappa shape index (κ1) is 7.05. The summed E-state index contributed by atoms with van der Waals surface area (Å²) in [6, 6.07) is 0. The topological polar surface area (TPSA) is 36.4 Å². The molecule has 2 aliphatic rings. The van der Waals surface area contributed by atoms with Crippen LogP contribution in [0.3, 0.4) is 0 Å². The molecule has 0 radical (unpaired) electrons. The highest BCUT2D eigenvalue weighted by Gasteiger charge is 2.55. The van der Waals surface area contributed by atoms with Crippen molar-refractivity contribution < 1.29 is 4.79 Å². The quantitative estimate of drug-likeness (QED) is 0.374. The third-order valence-electron chi connectivity index (χ3n) is 3.74. The fourth-order valence-corrected chi connectivity index (χ4v) is 2.86. The molecule has 0 aromatic heterocycles. The van der Waals surface area contributed by atoms with E-state index in [2.05, 4.69) is 18.6 Å². The summed E-state index contributed by atoms with van der Waals surface area (Å²) in [6.45, 7) is 4.60. The van der Waals surface area contributed by atoms with E-state index in [1.807, 2.05) is 0 Å². The van der Waals surface area contributed by atoms with Crippen molar-refractivity contribution in [3.05, 3.63) is 5.53 Å². The monoisotopic (exact) mass is 150 g/mol. The second-order valence-corrected chi connectivity index (χ2v) is 4.44. The van der Waals surface area contributed by atoms with Gasteiger partial charge >= 0.3 is 0 Å². The lowest BCUT2D eigenvalue weighted by atomic mass is 9.82. The van der Waals surface area contributed by atoms with Crippen LogP contribution in [-0.2, 0) is 0 Å². The molecule has 11 heavy (non-hydrogen) atoms. The van der Waals surface area contributed by atoms with Crippen molar-refractivity contribution in [2.75, 3.05) is 0 Å². The number of hydrogen-bond donors (Lipinski definition) is 0. The molecule has 2 nitrogen and oxygen atoms in total. The maximum atomic E-state index is 8.71. The zero-order valence-corrected chi connectivity index (χ0v) is 7.17. The average molecular weight is 150 g/mol. The van der Waals surface area contributed by atoms with E-state index in [1.54, 1.807) is 0 Å². The van der Waals surface area contributed by atoms with Gasteiger partial charge in [-0.3, -0.25) is 0 Å². The molecule has 60 valence electrons. The van der Waals surface area contributed by atoms with Gasteiger partial charge < -0.3 is 5.53 Å². The van der Waals surface area contributed by atoms with Crippen molar-refractivity contribution in [2.45, 2.75) is 33.1 Å². The SMILES string of the molecule is CC1(C)C2CC[C@H]1C(=[N+]=[N-])C2. The van der Waals surface area contributed by atoms with Crippen LogP contribution in [0.5, 0.6) is 0 Å². The Morgan fingerprint density at radius 3 is 2.45 bits per heavy atom. The lowest BCUT2D eigenvalue weighted by Crippen LogP contribution is -2.19. The van der Waals surface area contributed by atoms with Gasteiger partial charge in [-0.15, -0.1) is 0 Å². The first-order valence-corrected chi connectivity index (χ1v) is 4.37. The molecule has 0 heterocycles. The van der Waals surface area contributed by atoms with Gasteiger partial charge in [-0.2, -0.15) is 4.79 Å². The summed E-state index contributed by atoms with van der Waals surface area (Å²) in [5.41, 5.74) is 10.2. The Hall–Kier alpha value is -0.620. The van der Waals surface area contributed by atoms with E-state index < -0.39 is 0 Å². The highest BCUT2D eigenvalue weighted by atomic mass is 14.9. The van der Waals surface area contributed by atoms with E-state index in [0.717, 1.165) is 18.1 Å². The van der Waals surface area contributed by atoms with Gasteiger partial charge in [0.15, 0.2) is 0 Å². The molecule has 2 heteroatoms. The molecular formula is C9H14N2. The van der Waals surface area contributed by atoms with Crippen molar-refractivity contribution >= 4 is 5.71 Å². The summed E-state index contributed by atoms with van der Waals surface area (Å²) >= 11 is 0. The van der Waals surface area contributed by atoms with E-state index >= 15 is 0 Å². The summed E-state index contributed by atoms with van der Waals surface area (Å²) in [5, 5.41) is 0. The average Bonchev–Trinajstić information content (AvgIpc) is 2.40. The normalized spacial score (nSPS) is 39.3. The summed E-state index contributed by atoms with van der Waals surface area (Å²) < 4.78 is 0. The van der Waals surface area contributed by atoms with Crippen molar-refractivity contribution in [3.63, 3.8) is 0 Å². The van der Waals surface area contributed by atoms with Crippen LogP contribution in [-0.4, -0.2) is 10.5 Å². The Morgan fingerprint density at radius 1 is 1.45 bits per heavy atom. The van der Waals surface area contributed by atoms with Gasteiger partial charge in [0.1, 0.15) is 0 Å². The van der Waals surface area contributed by atoms with Gasteiger partial charge in [-0.05, 0) is 24.2 Å². The first-order valence-electron chi connectivity index (χ1n) is 4.37. The van der Waals surface area contributed by atoms with Gasteiger partial charge in [0, 0.05) is 6.42 Å². The van der Waals surface area contributed by atoms with Gasteiger partial charge in [0.2, 0.25) is 0 Å². The van der Waals surface area contributed by atoms with Crippen LogP contribution in [0.25, 0.3) is 5.53 Å². The van der Waals surface area contributed by atoms with Crippen molar-refractivity contribution in [1.29, 1.82) is 0 Å². The van der Waals surface area contributed by atoms with Crippen LogP contribution in [0.15, 0.2) is 0 Å². The number of hydrogen-bond acceptors (Lipinski definition) is 0. The molecule has 0 aromatic carbocycles. The zero-order valence-electron chi connectivity index (χ0n) is 7.17. The molecule has 2 bridgehead atoms. The molecule has 2 saturated carbocycles. The standard InChI is InChI=1S/C9H14N2/c1-9(2)6-3-4-7(9)8(5-6)11-10/h6-7H,3-5H2,1-2H3/t6?,7-/m0/s1. The minimum Gasteiger partial charge on any atom is -0.362 e. The van der Waals surface area contributed by atoms with E-state index in [1.165, 1.54) is 12.8 Å². The van der Waals surface area contributed by atoms with Crippen LogP contribution in [0.4, 0.5) is 0 Å². The van der Waals surface area contributed by atoms with Gasteiger partial charge in [-0.1, -0.05) is 13.8 Å². The number of rotatable bonds is 0. The summed E-state index contributed by atoms with van der Waals surface area (Å²) in [5.74, 6) is 1.34. The van der Waals surface area contributed by atoms with Crippen LogP contribution >= 0.6 is 0 Å². The third-order valence-corrected chi connectivity index (χ3v) is 3.74. The number of fused-ring (bicyclic) bond motifs is 2. The highest BCUT2D eigenvalue weighted by molar-refractivity contribution is 5.86. The fraction of sp³-hybridized carbons (Fsp3) is 0.889. The summed E-state index contributed by atoms with van der Waals surface area (Å²) in [6.07, 6.45) is 3.60. The van der Waals surface area contributed by atoms with Gasteiger partial charge in [-0.25, -0.2) is 0 Å². The fourth-order valence-electron chi connectivity index (χ4n) is 2.86. The lowest BCUT2D eigenvalue weighted by Gasteiger charge is -2.20. The second kappa shape index (κ2) is 1.95. The Balaban J connectivity index is 2.40. The Kier molecular flexibility index (Phi) is 1.25. The molecule has 0 saturated heterocycles. The van der Waals surface area contributed by atoms with Crippen LogP contribution in [0.1, 0.15) is 33.1 Å². The van der Waals surface area contributed by atoms with Crippen molar-refractivity contribution in [3.8, 4) is 0 Å². The minimum absolute atomic E-state index is 0.404. The van der Waals surface area contributed by atoms with E-state index in [0.29, 0.717) is 11.3 Å². The molecule has 0 aliphatic heterocycles. The lowest BCUT2D eigenvalue weighted by molar-refractivity contribution is -0.0160. The van der Waals surface area contributed by atoms with Crippen molar-refractivity contribution in [2.24, 2.45) is 17.3 Å². The molecule has 1 unspecified atom stereocenters. The van der Waals surface area contributed by atoms with Crippen LogP contribution < -0.4 is 0 Å². The maximum Gasteiger partial charge on any atom is 0.272 e. The maximum absolute atomic E-state index is 8.71. The van der Waals surface area contributed by atoms with Crippen LogP contribution in [0.2, 0.25) is 0 Å². The Bertz CT molecular complexity index is 236. The molecule has 0 amide bonds. The highest BCUT2D eigenvalue weighted by Crippen LogP contribution is 2.55. The van der Waals surface area contributed by atoms with E-state index in [9.17, 15) is 0 Å². The number of nitrogens with zero attached hydrogens (tertiary/aromatic N) is 2. The second-order valence-electron chi connectivity index (χ2n) is 4.44. The molecule has 2 aliphatic carbocycles. The van der Waals surface area contributed by atoms with E-state index in [4.69, 9.17) is 5.53 Å². The molecule has 2 fully saturated rings. The predicted octanol–water partition coefficient (Wildman–Crippen LogP) is 2.11. The molecule has 2 atom stereocenters. The third kappa shape index (κ3) is 0.734. The molecule has 2 rings (SSSR count). The summed E-state index contributed by atoms with van der Waals surface area (Å²) in [7, 11) is 0. The molecule has 0 N–H and O–H groups in total. The summed E-state index contributed by atoms with van der Waals surface area (Å²) in [4.78, 5) is 3.38. The van der Waals surface area contributed by atoms with Gasteiger partial charge in [0.25, 0.3) is 5.71 Å². The van der Waals surface area contributed by atoms with E-state index in [-0.39, 0.29) is 0 Å². The zero-order chi connectivity index (χ0) is 8.06. The molecule has 0 aromatic rings. The first-order chi connectivity index (χ1) is 5.16. The molecular weight excluding hydrogens is 136 g/mol. The Morgan fingerprint density at radius 2 is 2.18 bits per heavy atom. The molecule has 0 spiro atoms. The smallest absolute Gasteiger partial charge is 0.272 e. The van der Waals surface area contributed by atoms with Crippen LogP contribution in [0, 0.1) is 17.3 Å². The van der Waals surface area contributed by atoms with Crippen molar-refractivity contribution in [1.82, 2.24) is 0 Å². The largest absolute Gasteiger partial charge is 0.362 e. The predicted molar refractivity (Wildman–Crippen MR) is 43.2 cm³/mol. The minimum atomic E-state index is 0.404. The van der Waals surface area contributed by atoms with Gasteiger partial charge in [0.05, 0.1) is 5.92 Å². The Labute approximate surface area is 67.2 Å².